The molecule has 2 atom stereocenters. The molecule has 4 nitrogen and oxygen atoms in total. The van der Waals surface area contributed by atoms with E-state index in [0.717, 1.165) is 19.4 Å². The zero-order valence-electron chi connectivity index (χ0n) is 11.0. The minimum atomic E-state index is -0.418. The zero-order chi connectivity index (χ0) is 12.3. The average Bonchev–Trinajstić information content (AvgIpc) is 2.61. The van der Waals surface area contributed by atoms with Gasteiger partial charge in [-0.05, 0) is 40.2 Å². The third-order valence-electron chi connectivity index (χ3n) is 2.93. The Kier molecular flexibility index (Phi) is 4.19. The summed E-state index contributed by atoms with van der Waals surface area (Å²) in [5.41, 5.74) is -0.418. The molecule has 1 heterocycles. The van der Waals surface area contributed by atoms with Crippen LogP contribution in [0.4, 0.5) is 4.79 Å². The van der Waals surface area contributed by atoms with Crippen molar-refractivity contribution in [2.24, 2.45) is 0 Å². The number of likely N-dealkylation sites (N-methyl/N-ethyl adjacent to an activating group) is 1. The van der Waals surface area contributed by atoms with Crippen molar-refractivity contribution >= 4 is 6.09 Å². The molecule has 1 aliphatic heterocycles. The summed E-state index contributed by atoms with van der Waals surface area (Å²) in [5, 5.41) is 3.41. The molecular weight excluding hydrogens is 204 g/mol. The van der Waals surface area contributed by atoms with Crippen LogP contribution in [0.25, 0.3) is 0 Å². The summed E-state index contributed by atoms with van der Waals surface area (Å²) in [6.45, 7) is 8.80. The van der Waals surface area contributed by atoms with Gasteiger partial charge in [-0.15, -0.1) is 0 Å². The minimum absolute atomic E-state index is 0.223. The molecule has 0 aliphatic carbocycles. The first-order valence-corrected chi connectivity index (χ1v) is 6.04. The summed E-state index contributed by atoms with van der Waals surface area (Å²) in [6, 6.07) is 0.664. The first kappa shape index (κ1) is 13.3. The Hall–Kier alpha value is -0.770. The third kappa shape index (κ3) is 3.37. The lowest BCUT2D eigenvalue weighted by atomic mass is 10.1. The topological polar surface area (TPSA) is 41.6 Å². The number of amides is 1. The van der Waals surface area contributed by atoms with Crippen molar-refractivity contribution in [3.63, 3.8) is 0 Å². The van der Waals surface area contributed by atoms with Crippen LogP contribution in [0.3, 0.4) is 0 Å². The molecule has 0 radical (unpaired) electrons. The van der Waals surface area contributed by atoms with Crippen molar-refractivity contribution in [2.45, 2.75) is 58.2 Å². The molecule has 0 spiro atoms. The highest BCUT2D eigenvalue weighted by Crippen LogP contribution is 2.18. The molecule has 1 rings (SSSR count). The molecule has 1 N–H and O–H groups in total. The first-order chi connectivity index (χ1) is 7.35. The highest BCUT2D eigenvalue weighted by molar-refractivity contribution is 5.68. The molecule has 94 valence electrons. The zero-order valence-corrected chi connectivity index (χ0v) is 11.0. The number of hydrogen-bond acceptors (Lipinski definition) is 3. The van der Waals surface area contributed by atoms with Crippen molar-refractivity contribution in [3.8, 4) is 0 Å². The summed E-state index contributed by atoms with van der Waals surface area (Å²) in [5.74, 6) is 0. The lowest BCUT2D eigenvalue weighted by Crippen LogP contribution is -2.46. The Morgan fingerprint density at radius 1 is 1.50 bits per heavy atom. The van der Waals surface area contributed by atoms with Crippen molar-refractivity contribution in [1.29, 1.82) is 0 Å². The van der Waals surface area contributed by atoms with Gasteiger partial charge in [0.15, 0.2) is 0 Å². The van der Waals surface area contributed by atoms with Gasteiger partial charge < -0.3 is 15.0 Å². The van der Waals surface area contributed by atoms with Crippen LogP contribution in [-0.2, 0) is 4.74 Å². The van der Waals surface area contributed by atoms with Crippen molar-refractivity contribution in [3.05, 3.63) is 0 Å². The van der Waals surface area contributed by atoms with Crippen LogP contribution in [0, 0.1) is 0 Å². The number of nitrogens with zero attached hydrogens (tertiary/aromatic N) is 1. The highest BCUT2D eigenvalue weighted by atomic mass is 16.6. The number of rotatable bonds is 2. The average molecular weight is 228 g/mol. The van der Waals surface area contributed by atoms with E-state index in [1.807, 2.05) is 27.8 Å². The van der Waals surface area contributed by atoms with Gasteiger partial charge in [0.2, 0.25) is 0 Å². The van der Waals surface area contributed by atoms with Crippen molar-refractivity contribution in [1.82, 2.24) is 10.2 Å². The molecule has 0 saturated carbocycles. The molecule has 1 aliphatic rings. The van der Waals surface area contributed by atoms with E-state index in [1.165, 1.54) is 0 Å². The van der Waals surface area contributed by atoms with E-state index in [1.54, 1.807) is 4.90 Å². The van der Waals surface area contributed by atoms with Gasteiger partial charge >= 0.3 is 6.09 Å². The Morgan fingerprint density at radius 2 is 2.12 bits per heavy atom. The number of carbonyl (C=O) groups excluding carboxylic acids is 1. The van der Waals surface area contributed by atoms with Crippen LogP contribution < -0.4 is 5.32 Å². The lowest BCUT2D eigenvalue weighted by molar-refractivity contribution is 0.0210. The van der Waals surface area contributed by atoms with Crippen LogP contribution in [0.1, 0.15) is 40.5 Å². The van der Waals surface area contributed by atoms with E-state index >= 15 is 0 Å². The second-order valence-electron chi connectivity index (χ2n) is 5.42. The van der Waals surface area contributed by atoms with E-state index < -0.39 is 5.60 Å². The van der Waals surface area contributed by atoms with Gasteiger partial charge in [0.05, 0.1) is 6.04 Å². The molecule has 1 fully saturated rings. The molecular formula is C12H24N2O2. The maximum absolute atomic E-state index is 11.9. The van der Waals surface area contributed by atoms with E-state index in [2.05, 4.69) is 12.2 Å². The Bertz CT molecular complexity index is 248. The van der Waals surface area contributed by atoms with Crippen molar-refractivity contribution in [2.75, 3.05) is 13.6 Å². The van der Waals surface area contributed by atoms with E-state index in [0.29, 0.717) is 6.04 Å². The normalized spacial score (nSPS) is 25.6. The molecule has 1 amide bonds. The van der Waals surface area contributed by atoms with Gasteiger partial charge in [0.25, 0.3) is 0 Å². The second kappa shape index (κ2) is 5.04. The first-order valence-electron chi connectivity index (χ1n) is 6.04. The molecule has 1 saturated heterocycles. The van der Waals surface area contributed by atoms with Crippen LogP contribution in [0.2, 0.25) is 0 Å². The molecule has 0 bridgehead atoms. The summed E-state index contributed by atoms with van der Waals surface area (Å²) >= 11 is 0. The van der Waals surface area contributed by atoms with Gasteiger partial charge in [-0.2, -0.15) is 0 Å². The van der Waals surface area contributed by atoms with Crippen LogP contribution >= 0.6 is 0 Å². The minimum Gasteiger partial charge on any atom is -0.444 e. The molecule has 0 aromatic heterocycles. The third-order valence-corrected chi connectivity index (χ3v) is 2.93. The Morgan fingerprint density at radius 3 is 2.62 bits per heavy atom. The molecule has 4 heteroatoms. The summed E-state index contributed by atoms with van der Waals surface area (Å²) in [6.07, 6.45) is 1.83. The highest BCUT2D eigenvalue weighted by Gasteiger charge is 2.33. The molecule has 0 aromatic rings. The maximum Gasteiger partial charge on any atom is 0.410 e. The fourth-order valence-electron chi connectivity index (χ4n) is 2.10. The quantitative estimate of drug-likeness (QED) is 0.786. The monoisotopic (exact) mass is 228 g/mol. The second-order valence-corrected chi connectivity index (χ2v) is 5.42. The Balaban J connectivity index is 2.56. The van der Waals surface area contributed by atoms with Crippen molar-refractivity contribution < 1.29 is 9.53 Å². The number of nitrogens with one attached hydrogen (secondary N) is 1. The van der Waals surface area contributed by atoms with E-state index in [4.69, 9.17) is 4.74 Å². The van der Waals surface area contributed by atoms with Gasteiger partial charge in [-0.25, -0.2) is 4.79 Å². The predicted octanol–water partition coefficient (Wildman–Crippen LogP) is 1.99. The molecule has 0 aromatic carbocycles. The van der Waals surface area contributed by atoms with Gasteiger partial charge in [-0.1, -0.05) is 6.92 Å². The summed E-state index contributed by atoms with van der Waals surface area (Å²) in [7, 11) is 1.83. The summed E-state index contributed by atoms with van der Waals surface area (Å²) < 4.78 is 5.36. The number of hydrogen-bond donors (Lipinski definition) is 1. The van der Waals surface area contributed by atoms with E-state index in [9.17, 15) is 4.79 Å². The lowest BCUT2D eigenvalue weighted by Gasteiger charge is -2.31. The van der Waals surface area contributed by atoms with Crippen LogP contribution in [0.15, 0.2) is 0 Å². The van der Waals surface area contributed by atoms with Gasteiger partial charge in [0.1, 0.15) is 5.60 Å². The predicted molar refractivity (Wildman–Crippen MR) is 64.5 cm³/mol. The van der Waals surface area contributed by atoms with Crippen LogP contribution in [-0.4, -0.2) is 42.3 Å². The van der Waals surface area contributed by atoms with Gasteiger partial charge in [-0.3, -0.25) is 0 Å². The maximum atomic E-state index is 11.9. The summed E-state index contributed by atoms with van der Waals surface area (Å²) in [4.78, 5) is 13.6. The van der Waals surface area contributed by atoms with Gasteiger partial charge in [0, 0.05) is 13.1 Å². The SMILES string of the molecule is CCC1NCCC1N(C)C(=O)OC(C)(C)C. The Labute approximate surface area is 98.3 Å². The van der Waals surface area contributed by atoms with Crippen LogP contribution in [0.5, 0.6) is 0 Å². The molecule has 16 heavy (non-hydrogen) atoms. The smallest absolute Gasteiger partial charge is 0.410 e. The largest absolute Gasteiger partial charge is 0.444 e. The standard InChI is InChI=1S/C12H24N2O2/c1-6-9-10(7-8-13-9)14(5)11(15)16-12(2,3)4/h9-10,13H,6-8H2,1-5H3. The fourth-order valence-corrected chi connectivity index (χ4v) is 2.10. The van der Waals surface area contributed by atoms with E-state index in [-0.39, 0.29) is 12.1 Å². The molecule has 2 unspecified atom stereocenters. The fraction of sp³-hybridized carbons (Fsp3) is 0.917. The number of ether oxygens (including phenoxy) is 1. The number of carbonyl (C=O) groups is 1.